The second-order valence-electron chi connectivity index (χ2n) is 17.5. The van der Waals surface area contributed by atoms with E-state index in [1.54, 1.807) is 49.4 Å². The number of fused-ring (bicyclic) bond motifs is 1. The number of anilines is 1. The molecule has 0 spiro atoms. The van der Waals surface area contributed by atoms with Gasteiger partial charge in [-0.05, 0) is 81.5 Å². The van der Waals surface area contributed by atoms with Crippen LogP contribution in [0.5, 0.6) is 11.5 Å². The summed E-state index contributed by atoms with van der Waals surface area (Å²) in [6, 6.07) is 34.1. The molecule has 67 heavy (non-hydrogen) atoms. The summed E-state index contributed by atoms with van der Waals surface area (Å²) in [4.78, 5) is 31.0. The summed E-state index contributed by atoms with van der Waals surface area (Å²) >= 11 is 0. The van der Waals surface area contributed by atoms with Crippen molar-refractivity contribution in [3.05, 3.63) is 144 Å². The normalized spacial score (nSPS) is 17.9. The van der Waals surface area contributed by atoms with Crippen LogP contribution in [0.25, 0.3) is 11.2 Å². The highest BCUT2D eigenvalue weighted by atomic mass is 31.1. The number of hydrogen-bond acceptors (Lipinski definition) is 13. The zero-order valence-corrected chi connectivity index (χ0v) is 40.6. The number of hydrogen-bond donors (Lipinski definition) is 1. The molecule has 3 heterocycles. The molecule has 14 nitrogen and oxygen atoms in total. The molecule has 2 aromatic heterocycles. The molecule has 7 rings (SSSR count). The Kier molecular flexibility index (Phi) is 17.0. The minimum atomic E-state index is -3.27. The highest BCUT2D eigenvalue weighted by Gasteiger charge is 2.51. The van der Waals surface area contributed by atoms with Gasteiger partial charge >= 0.3 is 8.25 Å². The topological polar surface area (TPSA) is 162 Å². The van der Waals surface area contributed by atoms with E-state index in [2.05, 4.69) is 54.5 Å². The van der Waals surface area contributed by atoms with E-state index in [0.717, 1.165) is 37.7 Å². The fourth-order valence-electron chi connectivity index (χ4n) is 9.27. The maximum atomic E-state index is 15.5. The highest BCUT2D eigenvalue weighted by molar-refractivity contribution is 7.33. The van der Waals surface area contributed by atoms with E-state index in [-0.39, 0.29) is 30.1 Å². The van der Waals surface area contributed by atoms with Crippen molar-refractivity contribution in [1.82, 2.24) is 24.4 Å². The van der Waals surface area contributed by atoms with Gasteiger partial charge in [-0.2, -0.15) is 0 Å². The molecular formula is C52H65N6O8P. The predicted molar refractivity (Wildman–Crippen MR) is 260 cm³/mol. The molecular weight excluding hydrogens is 868 g/mol. The molecule has 1 fully saturated rings. The molecule has 1 aliphatic heterocycles. The molecule has 0 bridgehead atoms. The summed E-state index contributed by atoms with van der Waals surface area (Å²) in [6.45, 7) is 10.7. The number of imidazole rings is 1. The van der Waals surface area contributed by atoms with Gasteiger partial charge in [0, 0.05) is 24.1 Å². The number of aromatic nitrogens is 4. The number of nitrogens with zero attached hydrogens (tertiary/aromatic N) is 5. The van der Waals surface area contributed by atoms with Gasteiger partial charge in [0.25, 0.3) is 0 Å². The molecule has 1 saturated heterocycles. The Hall–Kier alpha value is -5.47. The van der Waals surface area contributed by atoms with E-state index in [1.807, 2.05) is 84.9 Å². The Labute approximate surface area is 395 Å². The molecule has 6 aromatic rings. The van der Waals surface area contributed by atoms with Gasteiger partial charge in [0.2, 0.25) is 0 Å². The number of carbonyl (C=O) groups is 1. The summed E-state index contributed by atoms with van der Waals surface area (Å²) in [5.74, 6) is 1.11. The van der Waals surface area contributed by atoms with Crippen molar-refractivity contribution < 1.29 is 37.4 Å². The van der Waals surface area contributed by atoms with Crippen LogP contribution in [-0.2, 0) is 28.7 Å². The third kappa shape index (κ3) is 11.3. The quantitative estimate of drug-likeness (QED) is 0.0201. The van der Waals surface area contributed by atoms with Crippen LogP contribution >= 0.6 is 8.25 Å². The molecule has 4 aromatic carbocycles. The van der Waals surface area contributed by atoms with Crippen molar-refractivity contribution in [3.8, 4) is 11.5 Å². The molecule has 356 valence electrons. The SMILES string of the molecule is CCCCCCCC(O[PH](=O)O[C@H]1C[C@H](n2cnc3c(N)ncnc32)O[C@@H]1C(OC(c1ccccc1)(c1ccc(OC)cc1)c1ccc(OC)cc1)C(=O)c1ccccc1)N(C(C)C)C(C)C. The minimum absolute atomic E-state index is 0.106. The number of Topliss-reactive ketones (excluding diaryl/α,β-unsaturated/α-hetero) is 1. The van der Waals surface area contributed by atoms with Gasteiger partial charge in [-0.1, -0.05) is 118 Å². The number of methoxy groups -OCH3 is 2. The molecule has 6 atom stereocenters. The van der Waals surface area contributed by atoms with E-state index < -0.39 is 44.6 Å². The summed E-state index contributed by atoms with van der Waals surface area (Å²) in [7, 11) is -0.0508. The monoisotopic (exact) mass is 932 g/mol. The van der Waals surface area contributed by atoms with Crippen molar-refractivity contribution >= 4 is 31.0 Å². The summed E-state index contributed by atoms with van der Waals surface area (Å²) in [6.07, 6.45) is 4.28. The smallest absolute Gasteiger partial charge is 0.321 e. The lowest BCUT2D eigenvalue weighted by molar-refractivity contribution is -0.125. The summed E-state index contributed by atoms with van der Waals surface area (Å²) in [5, 5.41) is 0. The molecule has 1 aliphatic rings. The number of unbranched alkanes of at least 4 members (excludes halogenated alkanes) is 4. The highest BCUT2D eigenvalue weighted by Crippen LogP contribution is 2.47. The Morgan fingerprint density at radius 3 is 1.97 bits per heavy atom. The molecule has 0 amide bonds. The van der Waals surface area contributed by atoms with Crippen LogP contribution in [0.1, 0.15) is 113 Å². The first-order valence-electron chi connectivity index (χ1n) is 23.3. The van der Waals surface area contributed by atoms with Crippen LogP contribution in [0, 0.1) is 0 Å². The number of nitrogen functional groups attached to an aromatic ring is 1. The van der Waals surface area contributed by atoms with Gasteiger partial charge in [-0.15, -0.1) is 0 Å². The maximum Gasteiger partial charge on any atom is 0.321 e. The zero-order valence-electron chi connectivity index (χ0n) is 39.6. The number of nitrogens with two attached hydrogens (primary N) is 1. The third-order valence-corrected chi connectivity index (χ3v) is 13.4. The lowest BCUT2D eigenvalue weighted by Gasteiger charge is -2.41. The van der Waals surface area contributed by atoms with Crippen molar-refractivity contribution in [2.75, 3.05) is 20.0 Å². The van der Waals surface area contributed by atoms with Gasteiger partial charge in [0.15, 0.2) is 23.4 Å². The van der Waals surface area contributed by atoms with Crippen LogP contribution in [0.15, 0.2) is 122 Å². The zero-order chi connectivity index (χ0) is 47.5. The number of benzene rings is 4. The van der Waals surface area contributed by atoms with Gasteiger partial charge < -0.3 is 29.2 Å². The standard InChI is InChI=1S/C52H65N6O8P/c1-8-9-10-11-18-23-44(58(35(2)3)36(4)5)66-67(60)65-43-32-45(57-34-56-46-50(53)54-33-55-51(46)57)63-48(43)49(47(59)37-19-14-12-15-20-37)64-52(38-21-16-13-17-22-38,39-24-28-41(61-6)29-25-39)40-26-30-42(62-7)31-27-40/h12-17,19-22,24-31,33-36,43-45,48-49,67H,8-11,18,23,32H2,1-7H3,(H2,53,54,55)/t43-,44?,45+,48-,49?/m0/s1. The number of carbonyl (C=O) groups excluding carboxylic acids is 1. The molecule has 3 unspecified atom stereocenters. The van der Waals surface area contributed by atoms with Crippen molar-refractivity contribution in [2.24, 2.45) is 0 Å². The van der Waals surface area contributed by atoms with E-state index in [1.165, 1.54) is 6.33 Å². The van der Waals surface area contributed by atoms with Gasteiger partial charge in [-0.3, -0.25) is 23.4 Å². The lowest BCUT2D eigenvalue weighted by atomic mass is 9.79. The maximum absolute atomic E-state index is 15.5. The Bertz CT molecular complexity index is 2450. The minimum Gasteiger partial charge on any atom is -0.497 e. The number of rotatable bonds is 24. The van der Waals surface area contributed by atoms with Crippen molar-refractivity contribution in [1.29, 1.82) is 0 Å². The van der Waals surface area contributed by atoms with Crippen molar-refractivity contribution in [2.45, 2.75) is 128 Å². The first-order chi connectivity index (χ1) is 32.5. The van der Waals surface area contributed by atoms with E-state index >= 15 is 4.79 Å². The second kappa shape index (κ2) is 23.0. The van der Waals surface area contributed by atoms with E-state index in [9.17, 15) is 4.57 Å². The molecule has 0 aliphatic carbocycles. The number of ketones is 1. The van der Waals surface area contributed by atoms with Crippen LogP contribution in [0.4, 0.5) is 5.82 Å². The fraction of sp³-hybridized carbons (Fsp3) is 0.423. The Morgan fingerprint density at radius 2 is 1.39 bits per heavy atom. The average molecular weight is 933 g/mol. The lowest BCUT2D eigenvalue weighted by Crippen LogP contribution is -2.49. The fourth-order valence-corrected chi connectivity index (χ4v) is 10.3. The molecule has 2 N–H and O–H groups in total. The van der Waals surface area contributed by atoms with Crippen LogP contribution in [0.2, 0.25) is 0 Å². The van der Waals surface area contributed by atoms with Gasteiger partial charge in [0.1, 0.15) is 53.6 Å². The summed E-state index contributed by atoms with van der Waals surface area (Å²) < 4.78 is 55.5. The largest absolute Gasteiger partial charge is 0.497 e. The van der Waals surface area contributed by atoms with Gasteiger partial charge in [0.05, 0.1) is 20.5 Å². The van der Waals surface area contributed by atoms with Crippen LogP contribution < -0.4 is 15.2 Å². The first-order valence-corrected chi connectivity index (χ1v) is 24.6. The van der Waals surface area contributed by atoms with E-state index in [4.69, 9.17) is 33.7 Å². The first kappa shape index (κ1) is 49.4. The molecule has 0 saturated carbocycles. The number of ether oxygens (including phenoxy) is 4. The van der Waals surface area contributed by atoms with Crippen molar-refractivity contribution in [3.63, 3.8) is 0 Å². The van der Waals surface area contributed by atoms with E-state index in [0.29, 0.717) is 45.8 Å². The third-order valence-electron chi connectivity index (χ3n) is 12.5. The molecule has 15 heteroatoms. The summed E-state index contributed by atoms with van der Waals surface area (Å²) in [5.41, 5.74) is 8.15. The van der Waals surface area contributed by atoms with Crippen LogP contribution in [-0.4, -0.2) is 81.0 Å². The molecule has 0 radical (unpaired) electrons. The average Bonchev–Trinajstić information content (AvgIpc) is 3.97. The predicted octanol–water partition coefficient (Wildman–Crippen LogP) is 10.6. The Balaban J connectivity index is 1.37. The van der Waals surface area contributed by atoms with Gasteiger partial charge in [-0.25, -0.2) is 15.0 Å². The second-order valence-corrected chi connectivity index (χ2v) is 18.4. The van der Waals surface area contributed by atoms with Crippen LogP contribution in [0.3, 0.4) is 0 Å². The Morgan fingerprint density at radius 1 is 0.806 bits per heavy atom.